The van der Waals surface area contributed by atoms with Gasteiger partial charge in [0.05, 0.1) is 35.5 Å². The zero-order valence-corrected chi connectivity index (χ0v) is 18.5. The van der Waals surface area contributed by atoms with Gasteiger partial charge in [0.15, 0.2) is 21.3 Å². The van der Waals surface area contributed by atoms with Gasteiger partial charge in [0.25, 0.3) is 5.91 Å². The van der Waals surface area contributed by atoms with Crippen LogP contribution in [0.15, 0.2) is 47.4 Å². The van der Waals surface area contributed by atoms with Crippen molar-refractivity contribution in [2.75, 3.05) is 12.9 Å². The van der Waals surface area contributed by atoms with E-state index in [9.17, 15) is 13.2 Å². The van der Waals surface area contributed by atoms with Crippen LogP contribution in [-0.2, 0) is 9.84 Å². The zero-order valence-electron chi connectivity index (χ0n) is 17.7. The van der Waals surface area contributed by atoms with Gasteiger partial charge >= 0.3 is 0 Å². The summed E-state index contributed by atoms with van der Waals surface area (Å²) >= 11 is 0. The molecule has 0 aliphatic heterocycles. The SMILES string of the molecule is CCS(=O)(=O)c1ccccc1C(=O)NC(C)c1ccc(OC2CCCC2)c(OC)c1. The number of methoxy groups -OCH3 is 1. The number of amides is 1. The maximum absolute atomic E-state index is 12.8. The van der Waals surface area contributed by atoms with Gasteiger partial charge in [-0.05, 0) is 62.4 Å². The third-order valence-electron chi connectivity index (χ3n) is 5.48. The number of sulfone groups is 1. The fourth-order valence-electron chi connectivity index (χ4n) is 3.68. The summed E-state index contributed by atoms with van der Waals surface area (Å²) in [7, 11) is -1.91. The molecule has 1 fully saturated rings. The molecule has 1 atom stereocenters. The average molecular weight is 432 g/mol. The van der Waals surface area contributed by atoms with Crippen molar-refractivity contribution in [1.82, 2.24) is 5.32 Å². The van der Waals surface area contributed by atoms with E-state index in [-0.39, 0.29) is 28.4 Å². The van der Waals surface area contributed by atoms with Gasteiger partial charge in [0, 0.05) is 0 Å². The van der Waals surface area contributed by atoms with Gasteiger partial charge < -0.3 is 14.8 Å². The van der Waals surface area contributed by atoms with Crippen molar-refractivity contribution >= 4 is 15.7 Å². The smallest absolute Gasteiger partial charge is 0.253 e. The van der Waals surface area contributed by atoms with E-state index in [2.05, 4.69) is 5.32 Å². The summed E-state index contributed by atoms with van der Waals surface area (Å²) in [5.41, 5.74) is 0.995. The van der Waals surface area contributed by atoms with E-state index in [0.29, 0.717) is 11.5 Å². The van der Waals surface area contributed by atoms with Gasteiger partial charge in [-0.2, -0.15) is 0 Å². The summed E-state index contributed by atoms with van der Waals surface area (Å²) in [4.78, 5) is 12.9. The predicted molar refractivity (Wildman–Crippen MR) is 116 cm³/mol. The van der Waals surface area contributed by atoms with Crippen molar-refractivity contribution in [3.8, 4) is 11.5 Å². The molecular formula is C23H29NO5S. The molecule has 7 heteroatoms. The lowest BCUT2D eigenvalue weighted by Gasteiger charge is -2.19. The van der Waals surface area contributed by atoms with Crippen molar-refractivity contribution in [3.63, 3.8) is 0 Å². The maximum atomic E-state index is 12.8. The van der Waals surface area contributed by atoms with Crippen molar-refractivity contribution in [3.05, 3.63) is 53.6 Å². The molecule has 30 heavy (non-hydrogen) atoms. The minimum Gasteiger partial charge on any atom is -0.493 e. The molecule has 1 amide bonds. The normalized spacial score (nSPS) is 15.6. The summed E-state index contributed by atoms with van der Waals surface area (Å²) in [6, 6.07) is 11.6. The number of benzene rings is 2. The minimum absolute atomic E-state index is 0.0510. The lowest BCUT2D eigenvalue weighted by atomic mass is 10.1. The number of hydrogen-bond donors (Lipinski definition) is 1. The van der Waals surface area contributed by atoms with Gasteiger partial charge in [0.2, 0.25) is 0 Å². The predicted octanol–water partition coefficient (Wildman–Crippen LogP) is 4.30. The Balaban J connectivity index is 1.77. The quantitative estimate of drug-likeness (QED) is 0.674. The van der Waals surface area contributed by atoms with Crippen LogP contribution in [0.3, 0.4) is 0 Å². The monoisotopic (exact) mass is 431 g/mol. The molecule has 0 radical (unpaired) electrons. The molecule has 6 nitrogen and oxygen atoms in total. The molecule has 1 N–H and O–H groups in total. The standard InChI is InChI=1S/C23H29NO5S/c1-4-30(26,27)22-12-8-7-11-19(22)23(25)24-16(2)17-13-14-20(21(15-17)28-3)29-18-9-5-6-10-18/h7-8,11-16,18H,4-6,9-10H2,1-3H3,(H,24,25). The zero-order chi connectivity index (χ0) is 21.7. The van der Waals surface area contributed by atoms with Crippen molar-refractivity contribution in [2.45, 2.75) is 56.6 Å². The molecule has 1 saturated carbocycles. The molecule has 3 rings (SSSR count). The van der Waals surface area contributed by atoms with Crippen LogP contribution < -0.4 is 14.8 Å². The second kappa shape index (κ2) is 9.51. The second-order valence-corrected chi connectivity index (χ2v) is 9.78. The van der Waals surface area contributed by atoms with Crippen LogP contribution in [0.5, 0.6) is 11.5 Å². The van der Waals surface area contributed by atoms with Crippen LogP contribution in [0.2, 0.25) is 0 Å². The first kappa shape index (κ1) is 22.2. The molecule has 1 unspecified atom stereocenters. The van der Waals surface area contributed by atoms with Gasteiger partial charge in [-0.3, -0.25) is 4.79 Å². The Kier molecular flexibility index (Phi) is 7.02. The molecule has 0 heterocycles. The summed E-state index contributed by atoms with van der Waals surface area (Å²) in [5, 5.41) is 2.89. The van der Waals surface area contributed by atoms with Crippen LogP contribution in [-0.4, -0.2) is 33.3 Å². The van der Waals surface area contributed by atoms with Gasteiger partial charge in [0.1, 0.15) is 0 Å². The van der Waals surface area contributed by atoms with Gasteiger partial charge in [-0.25, -0.2) is 8.42 Å². The first-order valence-electron chi connectivity index (χ1n) is 10.3. The van der Waals surface area contributed by atoms with E-state index in [0.717, 1.165) is 18.4 Å². The largest absolute Gasteiger partial charge is 0.493 e. The number of ether oxygens (including phenoxy) is 2. The highest BCUT2D eigenvalue weighted by molar-refractivity contribution is 7.91. The Morgan fingerprint density at radius 1 is 1.13 bits per heavy atom. The van der Waals surface area contributed by atoms with Gasteiger partial charge in [-0.1, -0.05) is 25.1 Å². The number of hydrogen-bond acceptors (Lipinski definition) is 5. The minimum atomic E-state index is -3.50. The molecule has 1 aliphatic carbocycles. The van der Waals surface area contributed by atoms with Crippen molar-refractivity contribution in [2.24, 2.45) is 0 Å². The molecule has 0 aromatic heterocycles. The summed E-state index contributed by atoms with van der Waals surface area (Å²) in [6.07, 6.45) is 4.70. The molecule has 162 valence electrons. The van der Waals surface area contributed by atoms with E-state index in [1.807, 2.05) is 25.1 Å². The Morgan fingerprint density at radius 2 is 1.83 bits per heavy atom. The van der Waals surface area contributed by atoms with Crippen LogP contribution in [0.4, 0.5) is 0 Å². The fourth-order valence-corrected chi connectivity index (χ4v) is 4.77. The summed E-state index contributed by atoms with van der Waals surface area (Å²) in [6.45, 7) is 3.41. The molecule has 0 spiro atoms. The fraction of sp³-hybridized carbons (Fsp3) is 0.435. The van der Waals surface area contributed by atoms with E-state index in [4.69, 9.17) is 9.47 Å². The van der Waals surface area contributed by atoms with Crippen LogP contribution in [0, 0.1) is 0 Å². The van der Waals surface area contributed by atoms with E-state index in [1.165, 1.54) is 25.0 Å². The highest BCUT2D eigenvalue weighted by atomic mass is 32.2. The molecule has 0 saturated heterocycles. The van der Waals surface area contributed by atoms with Gasteiger partial charge in [-0.15, -0.1) is 0 Å². The molecular weight excluding hydrogens is 402 g/mol. The number of nitrogens with one attached hydrogen (secondary N) is 1. The highest BCUT2D eigenvalue weighted by Crippen LogP contribution is 2.34. The first-order valence-corrected chi connectivity index (χ1v) is 12.0. The van der Waals surface area contributed by atoms with Crippen LogP contribution >= 0.6 is 0 Å². The molecule has 2 aromatic rings. The first-order chi connectivity index (χ1) is 14.4. The number of carbonyl (C=O) groups excluding carboxylic acids is 1. The average Bonchev–Trinajstić information content (AvgIpc) is 3.27. The molecule has 0 bridgehead atoms. The van der Waals surface area contributed by atoms with Crippen LogP contribution in [0.25, 0.3) is 0 Å². The van der Waals surface area contributed by atoms with E-state index >= 15 is 0 Å². The molecule has 1 aliphatic rings. The van der Waals surface area contributed by atoms with Crippen LogP contribution in [0.1, 0.15) is 61.5 Å². The van der Waals surface area contributed by atoms with E-state index < -0.39 is 15.7 Å². The topological polar surface area (TPSA) is 81.7 Å². The Labute approximate surface area is 178 Å². The number of rotatable bonds is 8. The van der Waals surface area contributed by atoms with E-state index in [1.54, 1.807) is 26.2 Å². The lowest BCUT2D eigenvalue weighted by Crippen LogP contribution is -2.28. The Bertz CT molecular complexity index is 996. The third kappa shape index (κ3) is 4.95. The Hall–Kier alpha value is -2.54. The Morgan fingerprint density at radius 3 is 2.50 bits per heavy atom. The summed E-state index contributed by atoms with van der Waals surface area (Å²) in [5.74, 6) is 0.827. The van der Waals surface area contributed by atoms with Crippen molar-refractivity contribution < 1.29 is 22.7 Å². The molecule has 2 aromatic carbocycles. The lowest BCUT2D eigenvalue weighted by molar-refractivity contribution is 0.0936. The number of carbonyl (C=O) groups is 1. The maximum Gasteiger partial charge on any atom is 0.253 e. The van der Waals surface area contributed by atoms with Crippen molar-refractivity contribution in [1.29, 1.82) is 0 Å². The summed E-state index contributed by atoms with van der Waals surface area (Å²) < 4.78 is 36.2. The third-order valence-corrected chi connectivity index (χ3v) is 7.26. The highest BCUT2D eigenvalue weighted by Gasteiger charge is 2.23. The second-order valence-electron chi connectivity index (χ2n) is 7.53.